The van der Waals surface area contributed by atoms with Crippen molar-refractivity contribution in [2.24, 2.45) is 11.7 Å². The van der Waals surface area contributed by atoms with E-state index in [9.17, 15) is 0 Å². The maximum atomic E-state index is 8.28. The Hall–Kier alpha value is -0.550. The molecule has 1 rings (SSSR count). The van der Waals surface area contributed by atoms with Crippen LogP contribution in [-0.2, 0) is 0 Å². The predicted molar refractivity (Wildman–Crippen MR) is 40.2 cm³/mol. The third kappa shape index (κ3) is 1.71. The van der Waals surface area contributed by atoms with Crippen molar-refractivity contribution in [1.82, 2.24) is 0 Å². The zero-order valence-electron chi connectivity index (χ0n) is 6.21. The molecule has 1 atom stereocenters. The second-order valence-corrected chi connectivity index (χ2v) is 3.05. The quantitative estimate of drug-likeness (QED) is 0.641. The minimum atomic E-state index is 0.299. The normalized spacial score (nSPS) is 21.2. The molecule has 0 aliphatic heterocycles. The number of hydrogen-bond acceptors (Lipinski definition) is 2. The Morgan fingerprint density at radius 3 is 2.70 bits per heavy atom. The third-order valence-electron chi connectivity index (χ3n) is 2.34. The van der Waals surface area contributed by atoms with Crippen LogP contribution in [-0.4, -0.2) is 6.04 Å². The lowest BCUT2D eigenvalue weighted by molar-refractivity contribution is 0.254. The Morgan fingerprint density at radius 2 is 2.30 bits per heavy atom. The second-order valence-electron chi connectivity index (χ2n) is 3.05. The molecule has 0 amide bonds. The van der Waals surface area contributed by atoms with Crippen LogP contribution in [0, 0.1) is 17.2 Å². The van der Waals surface area contributed by atoms with Crippen LogP contribution in [0.1, 0.15) is 32.1 Å². The Labute approximate surface area is 62.0 Å². The fourth-order valence-corrected chi connectivity index (χ4v) is 1.33. The fourth-order valence-electron chi connectivity index (χ4n) is 1.33. The molecule has 1 unspecified atom stereocenters. The van der Waals surface area contributed by atoms with Crippen LogP contribution in [0.15, 0.2) is 0 Å². The first-order chi connectivity index (χ1) is 4.84. The van der Waals surface area contributed by atoms with Gasteiger partial charge in [-0.25, -0.2) is 0 Å². The summed E-state index contributed by atoms with van der Waals surface area (Å²) in [7, 11) is 0. The van der Waals surface area contributed by atoms with E-state index in [1.165, 1.54) is 19.3 Å². The highest BCUT2D eigenvalue weighted by Gasteiger charge is 2.23. The summed E-state index contributed by atoms with van der Waals surface area (Å²) in [6.45, 7) is 0. The third-order valence-corrected chi connectivity index (χ3v) is 2.34. The average Bonchev–Trinajstić information content (AvgIpc) is 1.79. The fraction of sp³-hybridized carbons (Fsp3) is 0.875. The van der Waals surface area contributed by atoms with Crippen LogP contribution in [0.5, 0.6) is 0 Å². The summed E-state index contributed by atoms with van der Waals surface area (Å²) in [6.07, 6.45) is 5.42. The molecule has 2 nitrogen and oxygen atoms in total. The van der Waals surface area contributed by atoms with Gasteiger partial charge in [-0.2, -0.15) is 5.26 Å². The summed E-state index contributed by atoms with van der Waals surface area (Å²) in [5.41, 5.74) is 5.81. The molecule has 10 heavy (non-hydrogen) atoms. The molecule has 1 saturated carbocycles. The van der Waals surface area contributed by atoms with Crippen LogP contribution >= 0.6 is 0 Å². The lowest BCUT2D eigenvalue weighted by atomic mass is 9.79. The van der Waals surface area contributed by atoms with Gasteiger partial charge in [-0.05, 0) is 25.2 Å². The molecule has 2 N–H and O–H groups in total. The standard InChI is InChI=1S/C8H14N2/c9-6-2-5-8(10)7-3-1-4-7/h7-8H,1-5,10H2. The zero-order chi connectivity index (χ0) is 7.40. The number of nitrogens with two attached hydrogens (primary N) is 1. The van der Waals surface area contributed by atoms with Gasteiger partial charge in [-0.1, -0.05) is 6.42 Å². The van der Waals surface area contributed by atoms with Gasteiger partial charge in [0.1, 0.15) is 0 Å². The smallest absolute Gasteiger partial charge is 0.0622 e. The second kappa shape index (κ2) is 3.58. The van der Waals surface area contributed by atoms with Gasteiger partial charge in [0.15, 0.2) is 0 Å². The molecule has 2 heteroatoms. The van der Waals surface area contributed by atoms with E-state index in [0.717, 1.165) is 12.3 Å². The van der Waals surface area contributed by atoms with Gasteiger partial charge in [0.05, 0.1) is 6.07 Å². The van der Waals surface area contributed by atoms with Crippen LogP contribution in [0.3, 0.4) is 0 Å². The van der Waals surface area contributed by atoms with Gasteiger partial charge in [-0.15, -0.1) is 0 Å². The summed E-state index contributed by atoms with van der Waals surface area (Å²) in [6, 6.07) is 2.42. The molecule has 0 aromatic rings. The Balaban J connectivity index is 2.09. The van der Waals surface area contributed by atoms with Crippen molar-refractivity contribution in [3.05, 3.63) is 0 Å². The molecular formula is C8H14N2. The highest BCUT2D eigenvalue weighted by atomic mass is 14.7. The van der Waals surface area contributed by atoms with Crippen LogP contribution in [0.4, 0.5) is 0 Å². The summed E-state index contributed by atoms with van der Waals surface area (Å²) in [4.78, 5) is 0. The molecule has 0 heterocycles. The molecule has 0 aromatic heterocycles. The van der Waals surface area contributed by atoms with Gasteiger partial charge in [0.25, 0.3) is 0 Å². The molecule has 1 aliphatic rings. The molecule has 0 aromatic carbocycles. The first-order valence-electron chi connectivity index (χ1n) is 3.97. The SMILES string of the molecule is N#CCCC(N)C1CCC1. The lowest BCUT2D eigenvalue weighted by Crippen LogP contribution is -2.34. The molecule has 0 radical (unpaired) electrons. The van der Waals surface area contributed by atoms with Crippen molar-refractivity contribution in [2.75, 3.05) is 0 Å². The average molecular weight is 138 g/mol. The molecule has 1 fully saturated rings. The van der Waals surface area contributed by atoms with E-state index in [0.29, 0.717) is 12.5 Å². The van der Waals surface area contributed by atoms with Crippen LogP contribution in [0.2, 0.25) is 0 Å². The van der Waals surface area contributed by atoms with Gasteiger partial charge < -0.3 is 5.73 Å². The van der Waals surface area contributed by atoms with Crippen LogP contribution < -0.4 is 5.73 Å². The van der Waals surface area contributed by atoms with Crippen molar-refractivity contribution in [2.45, 2.75) is 38.1 Å². The van der Waals surface area contributed by atoms with Gasteiger partial charge >= 0.3 is 0 Å². The molecule has 56 valence electrons. The lowest BCUT2D eigenvalue weighted by Gasteiger charge is -2.30. The number of hydrogen-bond donors (Lipinski definition) is 1. The maximum Gasteiger partial charge on any atom is 0.0622 e. The number of nitrogens with zero attached hydrogens (tertiary/aromatic N) is 1. The van der Waals surface area contributed by atoms with E-state index in [4.69, 9.17) is 11.0 Å². The molecule has 1 aliphatic carbocycles. The molecular weight excluding hydrogens is 124 g/mol. The first-order valence-corrected chi connectivity index (χ1v) is 3.97. The Kier molecular flexibility index (Phi) is 2.70. The predicted octanol–water partition coefficient (Wildman–Crippen LogP) is 1.42. The Morgan fingerprint density at radius 1 is 1.60 bits per heavy atom. The van der Waals surface area contributed by atoms with E-state index in [2.05, 4.69) is 6.07 Å². The monoisotopic (exact) mass is 138 g/mol. The zero-order valence-corrected chi connectivity index (χ0v) is 6.21. The molecule has 0 saturated heterocycles. The van der Waals surface area contributed by atoms with E-state index >= 15 is 0 Å². The van der Waals surface area contributed by atoms with E-state index in [1.54, 1.807) is 0 Å². The largest absolute Gasteiger partial charge is 0.327 e. The van der Waals surface area contributed by atoms with E-state index in [-0.39, 0.29) is 0 Å². The first kappa shape index (κ1) is 7.56. The molecule has 0 spiro atoms. The van der Waals surface area contributed by atoms with Crippen molar-refractivity contribution in [3.63, 3.8) is 0 Å². The summed E-state index contributed by atoms with van der Waals surface area (Å²) in [5.74, 6) is 0.730. The van der Waals surface area contributed by atoms with Crippen molar-refractivity contribution in [3.8, 4) is 6.07 Å². The van der Waals surface area contributed by atoms with Gasteiger partial charge in [0.2, 0.25) is 0 Å². The highest BCUT2D eigenvalue weighted by molar-refractivity contribution is 4.83. The Bertz CT molecular complexity index is 133. The topological polar surface area (TPSA) is 49.8 Å². The minimum Gasteiger partial charge on any atom is -0.327 e. The molecule has 0 bridgehead atoms. The van der Waals surface area contributed by atoms with E-state index < -0.39 is 0 Å². The maximum absolute atomic E-state index is 8.28. The summed E-state index contributed by atoms with van der Waals surface area (Å²) in [5, 5.41) is 8.28. The number of rotatable bonds is 3. The van der Waals surface area contributed by atoms with Gasteiger partial charge in [0, 0.05) is 12.5 Å². The summed E-state index contributed by atoms with van der Waals surface area (Å²) >= 11 is 0. The van der Waals surface area contributed by atoms with Crippen molar-refractivity contribution in [1.29, 1.82) is 5.26 Å². The van der Waals surface area contributed by atoms with Crippen molar-refractivity contribution < 1.29 is 0 Å². The van der Waals surface area contributed by atoms with Crippen molar-refractivity contribution >= 4 is 0 Å². The minimum absolute atomic E-state index is 0.299. The van der Waals surface area contributed by atoms with E-state index in [1.807, 2.05) is 0 Å². The summed E-state index contributed by atoms with van der Waals surface area (Å²) < 4.78 is 0. The van der Waals surface area contributed by atoms with Gasteiger partial charge in [-0.3, -0.25) is 0 Å². The number of nitriles is 1. The van der Waals surface area contributed by atoms with Crippen LogP contribution in [0.25, 0.3) is 0 Å². The highest BCUT2D eigenvalue weighted by Crippen LogP contribution is 2.29.